The van der Waals surface area contributed by atoms with Crippen molar-refractivity contribution >= 4 is 27.5 Å². The molecule has 0 aliphatic rings. The highest BCUT2D eigenvalue weighted by Crippen LogP contribution is 2.26. The molecule has 4 nitrogen and oxygen atoms in total. The van der Waals surface area contributed by atoms with Crippen LogP contribution < -0.4 is 4.72 Å². The molecule has 0 aromatic heterocycles. The maximum Gasteiger partial charge on any atom is 0.261 e. The fourth-order valence-corrected chi connectivity index (χ4v) is 3.89. The summed E-state index contributed by atoms with van der Waals surface area (Å²) in [5.74, 6) is 0.405. The largest absolute Gasteiger partial charge is 0.279 e. The van der Waals surface area contributed by atoms with Crippen LogP contribution in [0, 0.1) is 17.6 Å². The number of nitrogens with one attached hydrogen (secondary N) is 1. The molecule has 0 unspecified atom stereocenters. The van der Waals surface area contributed by atoms with Crippen LogP contribution in [0.5, 0.6) is 0 Å². The lowest BCUT2D eigenvalue weighted by atomic mass is 9.99. The van der Waals surface area contributed by atoms with Crippen LogP contribution >= 0.6 is 11.8 Å². The summed E-state index contributed by atoms with van der Waals surface area (Å²) in [4.78, 5) is 1.03. The van der Waals surface area contributed by atoms with Gasteiger partial charge in [0.15, 0.2) is 0 Å². The number of nitrogens with zero attached hydrogens (tertiary/aromatic N) is 1. The number of thiocyanates is 1. The molecule has 0 saturated carbocycles. The molecule has 0 aliphatic heterocycles. The fourth-order valence-electron chi connectivity index (χ4n) is 2.28. The second-order valence-corrected chi connectivity index (χ2v) is 8.19. The Kier molecular flexibility index (Phi) is 5.92. The molecular weight excluding hydrogens is 340 g/mol. The first-order valence-electron chi connectivity index (χ1n) is 7.66. The minimum absolute atomic E-state index is 0.240. The van der Waals surface area contributed by atoms with Crippen molar-refractivity contribution in [3.8, 4) is 5.40 Å². The Bertz CT molecular complexity index is 854. The maximum atomic E-state index is 12.5. The van der Waals surface area contributed by atoms with Gasteiger partial charge in [0.05, 0.1) is 10.6 Å². The van der Waals surface area contributed by atoms with E-state index >= 15 is 0 Å². The molecule has 0 saturated heterocycles. The Morgan fingerprint density at radius 3 is 2.42 bits per heavy atom. The molecule has 126 valence electrons. The molecule has 0 bridgehead atoms. The van der Waals surface area contributed by atoms with E-state index < -0.39 is 10.0 Å². The summed E-state index contributed by atoms with van der Waals surface area (Å²) in [6.45, 7) is 6.03. The number of hydrogen-bond acceptors (Lipinski definition) is 4. The molecule has 0 spiro atoms. The molecular formula is C18H20N2O2S2. The number of sulfonamides is 1. The third-order valence-corrected chi connectivity index (χ3v) is 5.94. The van der Waals surface area contributed by atoms with Crippen LogP contribution in [0.1, 0.15) is 37.3 Å². The molecule has 6 heteroatoms. The van der Waals surface area contributed by atoms with E-state index in [9.17, 15) is 8.42 Å². The van der Waals surface area contributed by atoms with E-state index in [1.165, 1.54) is 0 Å². The van der Waals surface area contributed by atoms with E-state index in [2.05, 4.69) is 18.6 Å². The summed E-state index contributed by atoms with van der Waals surface area (Å²) in [5, 5.41) is 10.7. The zero-order chi connectivity index (χ0) is 17.7. The van der Waals surface area contributed by atoms with Crippen molar-refractivity contribution < 1.29 is 8.42 Å². The van der Waals surface area contributed by atoms with Crippen molar-refractivity contribution in [3.63, 3.8) is 0 Å². The third kappa shape index (κ3) is 4.31. The second kappa shape index (κ2) is 7.73. The van der Waals surface area contributed by atoms with E-state index in [-0.39, 0.29) is 4.90 Å². The van der Waals surface area contributed by atoms with Gasteiger partial charge < -0.3 is 0 Å². The van der Waals surface area contributed by atoms with Crippen molar-refractivity contribution in [3.05, 3.63) is 53.6 Å². The van der Waals surface area contributed by atoms with E-state index in [4.69, 9.17) is 5.26 Å². The van der Waals surface area contributed by atoms with Crippen molar-refractivity contribution in [2.75, 3.05) is 4.72 Å². The first-order chi connectivity index (χ1) is 11.4. The summed E-state index contributed by atoms with van der Waals surface area (Å²) in [5.41, 5.74) is 2.42. The first-order valence-corrected chi connectivity index (χ1v) is 9.96. The van der Waals surface area contributed by atoms with Crippen LogP contribution in [-0.2, 0) is 10.0 Å². The number of benzene rings is 2. The third-order valence-electron chi connectivity index (χ3n) is 3.98. The van der Waals surface area contributed by atoms with Crippen LogP contribution in [0.25, 0.3) is 0 Å². The average Bonchev–Trinajstić information content (AvgIpc) is 2.57. The van der Waals surface area contributed by atoms with Gasteiger partial charge in [-0.3, -0.25) is 4.72 Å². The van der Waals surface area contributed by atoms with Crippen molar-refractivity contribution in [2.24, 2.45) is 0 Å². The molecule has 0 heterocycles. The predicted octanol–water partition coefficient (Wildman–Crippen LogP) is 4.88. The second-order valence-electron chi connectivity index (χ2n) is 5.65. The Labute approximate surface area is 148 Å². The van der Waals surface area contributed by atoms with E-state index in [1.54, 1.807) is 30.3 Å². The lowest BCUT2D eigenvalue weighted by Gasteiger charge is -2.13. The molecule has 0 aliphatic carbocycles. The van der Waals surface area contributed by atoms with E-state index in [0.717, 1.165) is 34.2 Å². The number of anilines is 1. The Hall–Kier alpha value is -1.97. The van der Waals surface area contributed by atoms with Crippen LogP contribution in [0.3, 0.4) is 0 Å². The molecule has 0 radical (unpaired) electrons. The fraction of sp³-hybridized carbons (Fsp3) is 0.278. The number of rotatable bonds is 6. The summed E-state index contributed by atoms with van der Waals surface area (Å²) in [6.07, 6.45) is 1.01. The number of nitriles is 1. The average molecular weight is 361 g/mol. The Morgan fingerprint density at radius 1 is 1.21 bits per heavy atom. The number of aryl methyl sites for hydroxylation is 1. The summed E-state index contributed by atoms with van der Waals surface area (Å²) in [6, 6.07) is 12.2. The lowest BCUT2D eigenvalue weighted by Crippen LogP contribution is -2.13. The zero-order valence-corrected chi connectivity index (χ0v) is 15.5. The molecule has 1 N–H and O–H groups in total. The van der Waals surface area contributed by atoms with Crippen LogP contribution in [0.4, 0.5) is 5.69 Å². The van der Waals surface area contributed by atoms with Crippen LogP contribution in [-0.4, -0.2) is 8.42 Å². The normalized spacial score (nSPS) is 12.4. The molecule has 24 heavy (non-hydrogen) atoms. The molecule has 2 rings (SSSR count). The number of hydrogen-bond donors (Lipinski definition) is 1. The highest BCUT2D eigenvalue weighted by Gasteiger charge is 2.16. The Balaban J connectivity index is 2.24. The SMILES string of the molecule is CC[C@H](C)c1ccc(S(=O)(=O)Nc2ccc(SC#N)cc2C)cc1. The van der Waals surface area contributed by atoms with Gasteiger partial charge in [0, 0.05) is 4.90 Å². The minimum Gasteiger partial charge on any atom is -0.279 e. The van der Waals surface area contributed by atoms with Gasteiger partial charge >= 0.3 is 0 Å². The van der Waals surface area contributed by atoms with Crippen molar-refractivity contribution in [1.29, 1.82) is 5.26 Å². The molecule has 2 aromatic rings. The van der Waals surface area contributed by atoms with Crippen molar-refractivity contribution in [1.82, 2.24) is 0 Å². The number of thioether (sulfide) groups is 1. The van der Waals surface area contributed by atoms with Crippen LogP contribution in [0.2, 0.25) is 0 Å². The minimum atomic E-state index is -3.63. The summed E-state index contributed by atoms with van der Waals surface area (Å²) in [7, 11) is -3.63. The van der Waals surface area contributed by atoms with Gasteiger partial charge in [0.2, 0.25) is 0 Å². The summed E-state index contributed by atoms with van der Waals surface area (Å²) >= 11 is 1.05. The monoisotopic (exact) mass is 360 g/mol. The highest BCUT2D eigenvalue weighted by atomic mass is 32.2. The topological polar surface area (TPSA) is 70.0 Å². The smallest absolute Gasteiger partial charge is 0.261 e. The molecule has 2 aromatic carbocycles. The van der Waals surface area contributed by atoms with Gasteiger partial charge in [0.25, 0.3) is 10.0 Å². The Morgan fingerprint density at radius 2 is 1.88 bits per heavy atom. The van der Waals surface area contributed by atoms with Gasteiger partial charge in [-0.2, -0.15) is 5.26 Å². The van der Waals surface area contributed by atoms with Gasteiger partial charge in [-0.25, -0.2) is 8.42 Å². The van der Waals surface area contributed by atoms with Crippen LogP contribution in [0.15, 0.2) is 52.3 Å². The molecule has 0 fully saturated rings. The van der Waals surface area contributed by atoms with Gasteiger partial charge in [-0.1, -0.05) is 26.0 Å². The van der Waals surface area contributed by atoms with Gasteiger partial charge in [-0.15, -0.1) is 0 Å². The first kappa shape index (κ1) is 18.4. The molecule has 1 atom stereocenters. The zero-order valence-electron chi connectivity index (χ0n) is 13.9. The van der Waals surface area contributed by atoms with E-state index in [0.29, 0.717) is 11.6 Å². The predicted molar refractivity (Wildman–Crippen MR) is 98.6 cm³/mol. The summed E-state index contributed by atoms with van der Waals surface area (Å²) < 4.78 is 27.7. The highest BCUT2D eigenvalue weighted by molar-refractivity contribution is 8.03. The van der Waals surface area contributed by atoms with Gasteiger partial charge in [0.1, 0.15) is 5.40 Å². The molecule has 0 amide bonds. The quantitative estimate of drug-likeness (QED) is 0.588. The van der Waals surface area contributed by atoms with Gasteiger partial charge in [-0.05, 0) is 72.5 Å². The lowest BCUT2D eigenvalue weighted by molar-refractivity contribution is 0.601. The maximum absolute atomic E-state index is 12.5. The standard InChI is InChI=1S/C18H20N2O2S2/c1-4-13(2)15-5-8-17(9-6-15)24(21,22)20-18-10-7-16(23-12-19)11-14(18)3/h5-11,13,20H,4H2,1-3H3/t13-/m0/s1. The van der Waals surface area contributed by atoms with E-state index in [1.807, 2.05) is 24.5 Å². The van der Waals surface area contributed by atoms with Crippen molar-refractivity contribution in [2.45, 2.75) is 42.9 Å².